The number of alkyl halides is 1. The molecule has 0 aliphatic rings. The molecule has 1 aromatic heterocycles. The molecule has 0 fully saturated rings. The lowest BCUT2D eigenvalue weighted by atomic mass is 10.1. The molecule has 0 bridgehead atoms. The maximum atomic E-state index is 5.86. The van der Waals surface area contributed by atoms with Gasteiger partial charge in [-0.2, -0.15) is 4.80 Å². The number of aryl methyl sites for hydroxylation is 1. The second-order valence-electron chi connectivity index (χ2n) is 4.00. The van der Waals surface area contributed by atoms with E-state index in [9.17, 15) is 0 Å². The summed E-state index contributed by atoms with van der Waals surface area (Å²) >= 11 is 5.86. The number of tetrazole rings is 1. The fourth-order valence-electron chi connectivity index (χ4n) is 0.915. The van der Waals surface area contributed by atoms with Gasteiger partial charge in [-0.15, -0.1) is 21.8 Å². The van der Waals surface area contributed by atoms with Crippen LogP contribution in [0.25, 0.3) is 0 Å². The minimum absolute atomic E-state index is 0.0548. The van der Waals surface area contributed by atoms with Crippen LogP contribution in [0.1, 0.15) is 19.7 Å². The molecule has 0 aliphatic heterocycles. The Morgan fingerprint density at radius 1 is 1.50 bits per heavy atom. The first-order valence-corrected chi connectivity index (χ1v) is 4.99. The molecule has 5 nitrogen and oxygen atoms in total. The third-order valence-corrected chi connectivity index (χ3v) is 2.94. The third kappa shape index (κ3) is 2.65. The van der Waals surface area contributed by atoms with Gasteiger partial charge in [-0.25, -0.2) is 0 Å². The summed E-state index contributed by atoms with van der Waals surface area (Å²) in [5.41, 5.74) is -0.0548. The van der Waals surface area contributed by atoms with Crippen LogP contribution in [0, 0.1) is 0 Å². The molecule has 0 amide bonds. The van der Waals surface area contributed by atoms with E-state index in [1.807, 2.05) is 7.05 Å². The summed E-state index contributed by atoms with van der Waals surface area (Å²) in [6.45, 7) is 4.82. The first-order chi connectivity index (χ1) is 6.45. The zero-order chi connectivity index (χ0) is 10.8. The Labute approximate surface area is 89.0 Å². The van der Waals surface area contributed by atoms with Gasteiger partial charge >= 0.3 is 0 Å². The van der Waals surface area contributed by atoms with E-state index in [-0.39, 0.29) is 5.54 Å². The summed E-state index contributed by atoms with van der Waals surface area (Å²) in [5.74, 6) is 1.29. The molecule has 1 heterocycles. The average Bonchev–Trinajstić information content (AvgIpc) is 2.51. The van der Waals surface area contributed by atoms with Crippen LogP contribution in [0.5, 0.6) is 0 Å². The van der Waals surface area contributed by atoms with Crippen molar-refractivity contribution in [1.29, 1.82) is 0 Å². The molecular formula is C8H16ClN5. The van der Waals surface area contributed by atoms with Crippen molar-refractivity contribution in [3.8, 4) is 0 Å². The highest BCUT2D eigenvalue weighted by Gasteiger charge is 2.23. The number of hydrogen-bond donors (Lipinski definition) is 0. The van der Waals surface area contributed by atoms with Gasteiger partial charge in [0.25, 0.3) is 0 Å². The zero-order valence-corrected chi connectivity index (χ0v) is 9.78. The Kier molecular flexibility index (Phi) is 3.44. The molecule has 1 aromatic rings. The van der Waals surface area contributed by atoms with Crippen molar-refractivity contribution in [2.45, 2.75) is 25.9 Å². The van der Waals surface area contributed by atoms with Crippen LogP contribution in [-0.4, -0.2) is 43.6 Å². The smallest absolute Gasteiger partial charge is 0.188 e. The Bertz CT molecular complexity index is 296. The van der Waals surface area contributed by atoms with Crippen LogP contribution < -0.4 is 0 Å². The lowest BCUT2D eigenvalue weighted by Gasteiger charge is -2.32. The SMILES string of the molecule is CN(Cc1nnn(C)n1)C(C)(C)CCl. The normalized spacial score (nSPS) is 12.4. The van der Waals surface area contributed by atoms with Crippen LogP contribution >= 0.6 is 11.6 Å². The third-order valence-electron chi connectivity index (χ3n) is 2.29. The highest BCUT2D eigenvalue weighted by atomic mass is 35.5. The number of rotatable bonds is 4. The molecule has 6 heteroatoms. The Balaban J connectivity index is 2.61. The van der Waals surface area contributed by atoms with E-state index < -0.39 is 0 Å². The first kappa shape index (κ1) is 11.4. The number of nitrogens with zero attached hydrogens (tertiary/aromatic N) is 5. The molecule has 1 rings (SSSR count). The van der Waals surface area contributed by atoms with Gasteiger partial charge in [0.05, 0.1) is 13.6 Å². The molecule has 0 aliphatic carbocycles. The minimum Gasteiger partial charge on any atom is -0.293 e. The monoisotopic (exact) mass is 217 g/mol. The second-order valence-corrected chi connectivity index (χ2v) is 4.26. The Morgan fingerprint density at radius 2 is 2.14 bits per heavy atom. The van der Waals surface area contributed by atoms with E-state index >= 15 is 0 Å². The maximum Gasteiger partial charge on any atom is 0.188 e. The summed E-state index contributed by atoms with van der Waals surface area (Å²) in [4.78, 5) is 3.56. The average molecular weight is 218 g/mol. The van der Waals surface area contributed by atoms with Crippen LogP contribution in [-0.2, 0) is 13.6 Å². The van der Waals surface area contributed by atoms with Crippen molar-refractivity contribution in [2.75, 3.05) is 12.9 Å². The topological polar surface area (TPSA) is 46.8 Å². The minimum atomic E-state index is -0.0548. The van der Waals surface area contributed by atoms with Crippen molar-refractivity contribution in [2.24, 2.45) is 7.05 Å². The molecule has 14 heavy (non-hydrogen) atoms. The molecule has 0 radical (unpaired) electrons. The molecule has 0 aromatic carbocycles. The first-order valence-electron chi connectivity index (χ1n) is 4.46. The van der Waals surface area contributed by atoms with E-state index in [0.717, 1.165) is 0 Å². The molecular weight excluding hydrogens is 202 g/mol. The van der Waals surface area contributed by atoms with Crippen LogP contribution in [0.3, 0.4) is 0 Å². The lowest BCUT2D eigenvalue weighted by molar-refractivity contribution is 0.166. The maximum absolute atomic E-state index is 5.86. The summed E-state index contributed by atoms with van der Waals surface area (Å²) in [6.07, 6.45) is 0. The van der Waals surface area contributed by atoms with E-state index in [1.165, 1.54) is 4.80 Å². The van der Waals surface area contributed by atoms with E-state index in [1.54, 1.807) is 7.05 Å². The Hall–Kier alpha value is -0.680. The molecule has 0 atom stereocenters. The van der Waals surface area contributed by atoms with Gasteiger partial charge in [-0.05, 0) is 26.1 Å². The second kappa shape index (κ2) is 4.23. The van der Waals surface area contributed by atoms with Gasteiger partial charge in [0.15, 0.2) is 5.82 Å². The van der Waals surface area contributed by atoms with Gasteiger partial charge < -0.3 is 0 Å². The standard InChI is InChI=1S/C8H16ClN5/c1-8(2,6-9)13(3)5-7-10-12-14(4)11-7/h5-6H2,1-4H3. The van der Waals surface area contributed by atoms with E-state index in [4.69, 9.17) is 11.6 Å². The van der Waals surface area contributed by atoms with Crippen molar-refractivity contribution in [3.63, 3.8) is 0 Å². The van der Waals surface area contributed by atoms with Crippen molar-refractivity contribution in [1.82, 2.24) is 25.1 Å². The summed E-state index contributed by atoms with van der Waals surface area (Å²) in [5, 5.41) is 11.8. The van der Waals surface area contributed by atoms with Crippen molar-refractivity contribution < 1.29 is 0 Å². The fourth-order valence-corrected chi connectivity index (χ4v) is 1.12. The summed E-state index contributed by atoms with van der Waals surface area (Å²) in [6, 6.07) is 0. The van der Waals surface area contributed by atoms with Gasteiger partial charge in [-0.1, -0.05) is 0 Å². The molecule has 0 spiro atoms. The molecule has 0 saturated heterocycles. The van der Waals surface area contributed by atoms with Gasteiger partial charge in [0, 0.05) is 11.4 Å². The largest absolute Gasteiger partial charge is 0.293 e. The molecule has 80 valence electrons. The van der Waals surface area contributed by atoms with Crippen LogP contribution in [0.4, 0.5) is 0 Å². The number of aromatic nitrogens is 4. The van der Waals surface area contributed by atoms with Crippen LogP contribution in [0.15, 0.2) is 0 Å². The van der Waals surface area contributed by atoms with E-state index in [2.05, 4.69) is 34.2 Å². The van der Waals surface area contributed by atoms with Gasteiger partial charge in [0.2, 0.25) is 0 Å². The van der Waals surface area contributed by atoms with Gasteiger partial charge in [-0.3, -0.25) is 4.90 Å². The lowest BCUT2D eigenvalue weighted by Crippen LogP contribution is -2.42. The number of halogens is 1. The fraction of sp³-hybridized carbons (Fsp3) is 0.875. The summed E-state index contributed by atoms with van der Waals surface area (Å²) < 4.78 is 0. The highest BCUT2D eigenvalue weighted by molar-refractivity contribution is 6.18. The predicted molar refractivity (Wildman–Crippen MR) is 55.1 cm³/mol. The van der Waals surface area contributed by atoms with E-state index in [0.29, 0.717) is 18.2 Å². The number of hydrogen-bond acceptors (Lipinski definition) is 4. The molecule has 0 N–H and O–H groups in total. The van der Waals surface area contributed by atoms with Crippen molar-refractivity contribution >= 4 is 11.6 Å². The zero-order valence-electron chi connectivity index (χ0n) is 9.03. The predicted octanol–water partition coefficient (Wildman–Crippen LogP) is 0.659. The van der Waals surface area contributed by atoms with Crippen molar-refractivity contribution in [3.05, 3.63) is 5.82 Å². The van der Waals surface area contributed by atoms with Gasteiger partial charge in [0.1, 0.15) is 0 Å². The summed E-state index contributed by atoms with van der Waals surface area (Å²) in [7, 11) is 3.75. The Morgan fingerprint density at radius 3 is 2.57 bits per heavy atom. The highest BCUT2D eigenvalue weighted by Crippen LogP contribution is 2.15. The van der Waals surface area contributed by atoms with Crippen LogP contribution in [0.2, 0.25) is 0 Å². The quantitative estimate of drug-likeness (QED) is 0.696. The molecule has 0 saturated carbocycles. The molecule has 0 unspecified atom stereocenters.